The fourth-order valence-electron chi connectivity index (χ4n) is 4.44. The minimum Gasteiger partial charge on any atom is -0.299 e. The molecule has 5 nitrogen and oxygen atoms in total. The molecule has 0 amide bonds. The van der Waals surface area contributed by atoms with Gasteiger partial charge in [0.15, 0.2) is 0 Å². The summed E-state index contributed by atoms with van der Waals surface area (Å²) in [5.74, 6) is 0.138. The van der Waals surface area contributed by atoms with Gasteiger partial charge in [0.1, 0.15) is 5.78 Å². The number of fused-ring (bicyclic) bond motifs is 3. The molecular weight excluding hydrogens is 479 g/mol. The molecule has 3 heterocycles. The number of hydrogen-bond donors (Lipinski definition) is 0. The van der Waals surface area contributed by atoms with Crippen molar-refractivity contribution in [2.45, 2.75) is 32.4 Å². The topological polar surface area (TPSA) is 64.8 Å². The number of halogens is 3. The summed E-state index contributed by atoms with van der Waals surface area (Å²) in [5, 5.41) is 1.23. The van der Waals surface area contributed by atoms with Crippen molar-refractivity contribution < 1.29 is 18.0 Å². The maximum atomic E-state index is 13.4. The van der Waals surface area contributed by atoms with E-state index in [1.54, 1.807) is 24.5 Å². The molecule has 0 aliphatic carbocycles. The summed E-state index contributed by atoms with van der Waals surface area (Å²) in [5.41, 5.74) is 2.18. The summed E-state index contributed by atoms with van der Waals surface area (Å²) in [4.78, 5) is 33.9. The van der Waals surface area contributed by atoms with Crippen LogP contribution in [-0.4, -0.2) is 20.3 Å². The molecule has 0 fully saturated rings. The number of hydrogen-bond acceptors (Lipinski definition) is 4. The second-order valence-corrected chi connectivity index (χ2v) is 8.85. The van der Waals surface area contributed by atoms with Crippen LogP contribution in [-0.2, 0) is 17.4 Å². The maximum absolute atomic E-state index is 13.4. The standard InChI is InChI=1S/C29H22F3N3O2/c1-2-4-24(36)15-22-10-7-19(16-33-22)18-8-11-26-25(13-18)28-20(17-34-26)9-12-27(37)35(28)23-6-3-5-21(14-23)29(30,31)32/h3,5-14,16-17H,2,4,15H2,1H3. The van der Waals surface area contributed by atoms with E-state index in [1.165, 1.54) is 22.8 Å². The predicted octanol–water partition coefficient (Wildman–Crippen LogP) is 6.53. The fraction of sp³-hybridized carbons (Fsp3) is 0.172. The van der Waals surface area contributed by atoms with Crippen LogP contribution in [0.15, 0.2) is 83.9 Å². The van der Waals surface area contributed by atoms with Gasteiger partial charge >= 0.3 is 6.18 Å². The molecule has 5 aromatic rings. The Hall–Kier alpha value is -4.33. The Kier molecular flexibility index (Phi) is 6.33. The molecule has 186 valence electrons. The molecule has 37 heavy (non-hydrogen) atoms. The van der Waals surface area contributed by atoms with Crippen molar-refractivity contribution in [3.63, 3.8) is 0 Å². The number of rotatable bonds is 6. The average Bonchev–Trinajstić information content (AvgIpc) is 2.88. The van der Waals surface area contributed by atoms with Gasteiger partial charge in [0, 0.05) is 59.0 Å². The zero-order valence-electron chi connectivity index (χ0n) is 19.9. The van der Waals surface area contributed by atoms with Crippen molar-refractivity contribution in [1.82, 2.24) is 14.5 Å². The summed E-state index contributed by atoms with van der Waals surface area (Å²) in [6.45, 7) is 1.96. The van der Waals surface area contributed by atoms with Crippen molar-refractivity contribution in [3.05, 3.63) is 101 Å². The van der Waals surface area contributed by atoms with Gasteiger partial charge in [-0.3, -0.25) is 24.1 Å². The molecule has 0 atom stereocenters. The number of nitrogens with zero attached hydrogens (tertiary/aromatic N) is 3. The van der Waals surface area contributed by atoms with Crippen molar-refractivity contribution in [3.8, 4) is 16.8 Å². The monoisotopic (exact) mass is 501 g/mol. The molecule has 5 rings (SSSR count). The third kappa shape index (κ3) is 4.87. The van der Waals surface area contributed by atoms with E-state index < -0.39 is 17.3 Å². The first-order valence-corrected chi connectivity index (χ1v) is 11.8. The summed E-state index contributed by atoms with van der Waals surface area (Å²) in [7, 11) is 0. The summed E-state index contributed by atoms with van der Waals surface area (Å²) < 4.78 is 41.5. The van der Waals surface area contributed by atoms with E-state index in [0.717, 1.165) is 29.7 Å². The Balaban J connectivity index is 1.66. The second-order valence-electron chi connectivity index (χ2n) is 8.85. The van der Waals surface area contributed by atoms with Gasteiger partial charge in [-0.1, -0.05) is 25.1 Å². The molecule has 0 saturated heterocycles. The van der Waals surface area contributed by atoms with E-state index in [0.29, 0.717) is 33.9 Å². The van der Waals surface area contributed by atoms with Crippen molar-refractivity contribution in [1.29, 1.82) is 0 Å². The zero-order valence-corrected chi connectivity index (χ0v) is 19.9. The Morgan fingerprint density at radius 2 is 1.73 bits per heavy atom. The third-order valence-electron chi connectivity index (χ3n) is 6.21. The normalized spacial score (nSPS) is 11.8. The molecule has 0 aliphatic heterocycles. The lowest BCUT2D eigenvalue weighted by Gasteiger charge is -2.15. The van der Waals surface area contributed by atoms with Crippen LogP contribution in [0.5, 0.6) is 0 Å². The van der Waals surface area contributed by atoms with Crippen LogP contribution in [0.2, 0.25) is 0 Å². The van der Waals surface area contributed by atoms with Crippen molar-refractivity contribution >= 4 is 27.6 Å². The first-order chi connectivity index (χ1) is 17.7. The Bertz CT molecular complexity index is 1690. The molecule has 0 radical (unpaired) electrons. The highest BCUT2D eigenvalue weighted by Crippen LogP contribution is 2.32. The van der Waals surface area contributed by atoms with Crippen LogP contribution in [0.3, 0.4) is 0 Å². The molecule has 3 aromatic heterocycles. The number of aromatic nitrogens is 3. The van der Waals surface area contributed by atoms with E-state index >= 15 is 0 Å². The first kappa shape index (κ1) is 24.4. The van der Waals surface area contributed by atoms with Crippen LogP contribution in [0.25, 0.3) is 38.6 Å². The van der Waals surface area contributed by atoms with Gasteiger partial charge in [0.2, 0.25) is 0 Å². The first-order valence-electron chi connectivity index (χ1n) is 11.8. The number of pyridine rings is 3. The van der Waals surface area contributed by atoms with Gasteiger partial charge in [-0.15, -0.1) is 0 Å². The van der Waals surface area contributed by atoms with Crippen molar-refractivity contribution in [2.24, 2.45) is 0 Å². The lowest BCUT2D eigenvalue weighted by Crippen LogP contribution is -2.18. The fourth-order valence-corrected chi connectivity index (χ4v) is 4.44. The van der Waals surface area contributed by atoms with Gasteiger partial charge in [-0.05, 0) is 54.4 Å². The van der Waals surface area contributed by atoms with Crippen LogP contribution >= 0.6 is 0 Å². The Morgan fingerprint density at radius 3 is 2.46 bits per heavy atom. The van der Waals surface area contributed by atoms with Crippen LogP contribution in [0, 0.1) is 0 Å². The molecule has 0 N–H and O–H groups in total. The average molecular weight is 502 g/mol. The number of ketones is 1. The van der Waals surface area contributed by atoms with Gasteiger partial charge < -0.3 is 0 Å². The molecular formula is C29H22F3N3O2. The summed E-state index contributed by atoms with van der Waals surface area (Å²) in [6.07, 6.45) is 0.340. The number of benzene rings is 2. The minimum atomic E-state index is -4.54. The molecule has 2 aromatic carbocycles. The van der Waals surface area contributed by atoms with E-state index in [4.69, 9.17) is 0 Å². The lowest BCUT2D eigenvalue weighted by atomic mass is 10.0. The largest absolute Gasteiger partial charge is 0.416 e. The molecule has 0 saturated carbocycles. The van der Waals surface area contributed by atoms with Gasteiger partial charge in [0.25, 0.3) is 5.56 Å². The third-order valence-corrected chi connectivity index (χ3v) is 6.21. The highest BCUT2D eigenvalue weighted by Gasteiger charge is 2.30. The predicted molar refractivity (Wildman–Crippen MR) is 137 cm³/mol. The zero-order chi connectivity index (χ0) is 26.2. The number of carbonyl (C=O) groups excluding carboxylic acids is 1. The number of Topliss-reactive ketones (excluding diaryl/α,β-unsaturated/α-hetero) is 1. The summed E-state index contributed by atoms with van der Waals surface area (Å²) in [6, 6.07) is 16.9. The van der Waals surface area contributed by atoms with Crippen LogP contribution in [0.1, 0.15) is 31.0 Å². The van der Waals surface area contributed by atoms with Gasteiger partial charge in [-0.25, -0.2) is 0 Å². The van der Waals surface area contributed by atoms with Gasteiger partial charge in [-0.2, -0.15) is 13.2 Å². The van der Waals surface area contributed by atoms with E-state index in [1.807, 2.05) is 31.2 Å². The van der Waals surface area contributed by atoms with Crippen LogP contribution < -0.4 is 5.56 Å². The highest BCUT2D eigenvalue weighted by atomic mass is 19.4. The van der Waals surface area contributed by atoms with Gasteiger partial charge in [0.05, 0.1) is 16.6 Å². The molecule has 0 spiro atoms. The maximum Gasteiger partial charge on any atom is 0.416 e. The van der Waals surface area contributed by atoms with Crippen molar-refractivity contribution in [2.75, 3.05) is 0 Å². The van der Waals surface area contributed by atoms with Crippen LogP contribution in [0.4, 0.5) is 13.2 Å². The minimum absolute atomic E-state index is 0.117. The van der Waals surface area contributed by atoms with E-state index in [-0.39, 0.29) is 17.9 Å². The highest BCUT2D eigenvalue weighted by molar-refractivity contribution is 6.05. The number of carbonyl (C=O) groups is 1. The SMILES string of the molecule is CCCC(=O)Cc1ccc(-c2ccc3ncc4ccc(=O)n(-c5cccc(C(F)(F)F)c5)c4c3c2)cn1. The van der Waals surface area contributed by atoms with E-state index in [9.17, 15) is 22.8 Å². The smallest absolute Gasteiger partial charge is 0.299 e. The van der Waals surface area contributed by atoms with E-state index in [2.05, 4.69) is 9.97 Å². The Labute approximate surface area is 210 Å². The molecule has 0 aliphatic rings. The summed E-state index contributed by atoms with van der Waals surface area (Å²) >= 11 is 0. The quantitative estimate of drug-likeness (QED) is 0.248. The number of alkyl halides is 3. The molecule has 0 bridgehead atoms. The molecule has 0 unspecified atom stereocenters. The second kappa shape index (κ2) is 9.61. The molecule has 8 heteroatoms. The Morgan fingerprint density at radius 1 is 0.919 bits per heavy atom. The lowest BCUT2D eigenvalue weighted by molar-refractivity contribution is -0.137.